The van der Waals surface area contributed by atoms with Gasteiger partial charge in [-0.2, -0.15) is 0 Å². The Bertz CT molecular complexity index is 692. The quantitative estimate of drug-likeness (QED) is 0.622. The van der Waals surface area contributed by atoms with Crippen molar-refractivity contribution >= 4 is 0 Å². The zero-order valence-corrected chi connectivity index (χ0v) is 16.8. The molecule has 2 rings (SSSR count). The number of phenols is 1. The molecular formula is C23H33NO3. The number of phenolic OH excluding ortho intramolecular Hbond substituents is 1. The lowest BCUT2D eigenvalue weighted by molar-refractivity contribution is 0.0955. The highest BCUT2D eigenvalue weighted by molar-refractivity contribution is 5.44. The SMILES string of the molecule is CC(C)N(CC[C@H](c1ccccc1)c1cc([C@@H](O)CO)ccc1O)C(C)C. The molecule has 0 aliphatic heterocycles. The molecule has 0 radical (unpaired) electrons. The zero-order valence-electron chi connectivity index (χ0n) is 16.8. The summed E-state index contributed by atoms with van der Waals surface area (Å²) in [4.78, 5) is 2.44. The first kappa shape index (κ1) is 21.4. The van der Waals surface area contributed by atoms with Crippen LogP contribution in [0.1, 0.15) is 62.8 Å². The highest BCUT2D eigenvalue weighted by Gasteiger charge is 2.22. The molecule has 0 amide bonds. The molecule has 27 heavy (non-hydrogen) atoms. The van der Waals surface area contributed by atoms with E-state index in [1.165, 1.54) is 0 Å². The van der Waals surface area contributed by atoms with Crippen molar-refractivity contribution in [2.75, 3.05) is 13.2 Å². The van der Waals surface area contributed by atoms with Gasteiger partial charge in [-0.3, -0.25) is 4.90 Å². The summed E-state index contributed by atoms with van der Waals surface area (Å²) in [6.07, 6.45) is -0.0873. The average Bonchev–Trinajstić information content (AvgIpc) is 2.65. The van der Waals surface area contributed by atoms with E-state index in [0.29, 0.717) is 17.6 Å². The van der Waals surface area contributed by atoms with Crippen LogP contribution in [0, 0.1) is 0 Å². The first-order valence-electron chi connectivity index (χ1n) is 9.77. The minimum absolute atomic E-state index is 0.0112. The molecule has 0 saturated carbocycles. The van der Waals surface area contributed by atoms with Crippen molar-refractivity contribution in [3.8, 4) is 5.75 Å². The number of nitrogens with zero attached hydrogens (tertiary/aromatic N) is 1. The van der Waals surface area contributed by atoms with E-state index in [0.717, 1.165) is 24.1 Å². The number of aliphatic hydroxyl groups is 2. The number of benzene rings is 2. The van der Waals surface area contributed by atoms with E-state index in [9.17, 15) is 15.3 Å². The van der Waals surface area contributed by atoms with Gasteiger partial charge in [0, 0.05) is 23.6 Å². The van der Waals surface area contributed by atoms with Crippen LogP contribution in [0.3, 0.4) is 0 Å². The van der Waals surface area contributed by atoms with Crippen molar-refractivity contribution < 1.29 is 15.3 Å². The molecule has 0 spiro atoms. The molecule has 0 bridgehead atoms. The summed E-state index contributed by atoms with van der Waals surface area (Å²) in [6, 6.07) is 16.1. The number of aromatic hydroxyl groups is 1. The van der Waals surface area contributed by atoms with E-state index in [2.05, 4.69) is 44.7 Å². The Morgan fingerprint density at radius 1 is 0.889 bits per heavy atom. The third-order valence-electron chi connectivity index (χ3n) is 5.19. The smallest absolute Gasteiger partial charge is 0.119 e. The molecular weight excluding hydrogens is 338 g/mol. The van der Waals surface area contributed by atoms with Gasteiger partial charge in [0.1, 0.15) is 11.9 Å². The largest absolute Gasteiger partial charge is 0.508 e. The Hall–Kier alpha value is -1.88. The Kier molecular flexibility index (Phi) is 7.84. The lowest BCUT2D eigenvalue weighted by Crippen LogP contribution is -2.38. The fourth-order valence-electron chi connectivity index (χ4n) is 3.74. The van der Waals surface area contributed by atoms with Gasteiger partial charge in [-0.25, -0.2) is 0 Å². The van der Waals surface area contributed by atoms with Crippen molar-refractivity contribution in [1.29, 1.82) is 0 Å². The van der Waals surface area contributed by atoms with Crippen molar-refractivity contribution in [3.63, 3.8) is 0 Å². The minimum Gasteiger partial charge on any atom is -0.508 e. The molecule has 0 heterocycles. The van der Waals surface area contributed by atoms with E-state index < -0.39 is 6.10 Å². The van der Waals surface area contributed by atoms with Crippen molar-refractivity contribution in [3.05, 3.63) is 65.2 Å². The predicted octanol–water partition coefficient (Wildman–Crippen LogP) is 4.06. The second kappa shape index (κ2) is 9.88. The van der Waals surface area contributed by atoms with Crippen LogP contribution in [0.15, 0.2) is 48.5 Å². The molecule has 4 heteroatoms. The second-order valence-electron chi connectivity index (χ2n) is 7.69. The summed E-state index contributed by atoms with van der Waals surface area (Å²) in [5, 5.41) is 29.9. The first-order valence-corrected chi connectivity index (χ1v) is 9.77. The van der Waals surface area contributed by atoms with Gasteiger partial charge in [0.15, 0.2) is 0 Å². The minimum atomic E-state index is -0.941. The summed E-state index contributed by atoms with van der Waals surface area (Å²) in [6.45, 7) is 9.37. The monoisotopic (exact) mass is 371 g/mol. The number of hydrogen-bond acceptors (Lipinski definition) is 4. The van der Waals surface area contributed by atoms with Crippen LogP contribution in [-0.2, 0) is 0 Å². The molecule has 0 aliphatic carbocycles. The van der Waals surface area contributed by atoms with Crippen LogP contribution in [-0.4, -0.2) is 45.5 Å². The molecule has 2 aromatic carbocycles. The number of aliphatic hydroxyl groups excluding tert-OH is 2. The van der Waals surface area contributed by atoms with Gasteiger partial charge in [-0.1, -0.05) is 36.4 Å². The van der Waals surface area contributed by atoms with Crippen molar-refractivity contribution in [1.82, 2.24) is 4.90 Å². The van der Waals surface area contributed by atoms with Crippen LogP contribution in [0.2, 0.25) is 0 Å². The number of rotatable bonds is 9. The Morgan fingerprint density at radius 3 is 2.07 bits per heavy atom. The zero-order chi connectivity index (χ0) is 20.0. The summed E-state index contributed by atoms with van der Waals surface area (Å²) < 4.78 is 0. The van der Waals surface area contributed by atoms with Gasteiger partial charge in [-0.15, -0.1) is 0 Å². The van der Waals surface area contributed by atoms with E-state index in [1.54, 1.807) is 12.1 Å². The lowest BCUT2D eigenvalue weighted by atomic mass is 9.86. The Balaban J connectivity index is 2.39. The summed E-state index contributed by atoms with van der Waals surface area (Å²) in [5.74, 6) is 0.232. The molecule has 0 fully saturated rings. The third kappa shape index (κ3) is 5.55. The molecule has 3 N–H and O–H groups in total. The maximum absolute atomic E-state index is 10.5. The first-order chi connectivity index (χ1) is 12.8. The maximum Gasteiger partial charge on any atom is 0.119 e. The lowest BCUT2D eigenvalue weighted by Gasteiger charge is -2.32. The Morgan fingerprint density at radius 2 is 1.52 bits per heavy atom. The fraction of sp³-hybridized carbons (Fsp3) is 0.478. The Labute approximate surface area is 163 Å². The number of hydrogen-bond donors (Lipinski definition) is 3. The molecule has 2 aromatic rings. The van der Waals surface area contributed by atoms with Crippen LogP contribution in [0.25, 0.3) is 0 Å². The topological polar surface area (TPSA) is 63.9 Å². The standard InChI is InChI=1S/C23H33NO3/c1-16(2)24(17(3)4)13-12-20(18-8-6-5-7-9-18)21-14-19(23(27)15-25)10-11-22(21)26/h5-11,14,16-17,20,23,25-27H,12-13,15H2,1-4H3/t20-,23+/m1/s1. The molecule has 2 atom stereocenters. The average molecular weight is 372 g/mol. The molecule has 148 valence electrons. The van der Waals surface area contributed by atoms with Crippen molar-refractivity contribution in [2.45, 2.75) is 58.2 Å². The maximum atomic E-state index is 10.5. The normalized spacial score (nSPS) is 14.1. The third-order valence-corrected chi connectivity index (χ3v) is 5.19. The van der Waals surface area contributed by atoms with Crippen LogP contribution in [0.5, 0.6) is 5.75 Å². The molecule has 0 unspecified atom stereocenters. The van der Waals surface area contributed by atoms with Gasteiger partial charge in [-0.05, 0) is 63.9 Å². The van der Waals surface area contributed by atoms with Gasteiger partial charge in [0.05, 0.1) is 6.61 Å². The van der Waals surface area contributed by atoms with Gasteiger partial charge < -0.3 is 15.3 Å². The highest BCUT2D eigenvalue weighted by atomic mass is 16.3. The summed E-state index contributed by atoms with van der Waals surface area (Å²) in [7, 11) is 0. The molecule has 0 aromatic heterocycles. The van der Waals surface area contributed by atoms with Gasteiger partial charge in [0.2, 0.25) is 0 Å². The molecule has 0 saturated heterocycles. The highest BCUT2D eigenvalue weighted by Crippen LogP contribution is 2.36. The van der Waals surface area contributed by atoms with E-state index >= 15 is 0 Å². The fourth-order valence-corrected chi connectivity index (χ4v) is 3.74. The summed E-state index contributed by atoms with van der Waals surface area (Å²) in [5.41, 5.74) is 2.55. The van der Waals surface area contributed by atoms with Gasteiger partial charge >= 0.3 is 0 Å². The summed E-state index contributed by atoms with van der Waals surface area (Å²) >= 11 is 0. The van der Waals surface area contributed by atoms with Crippen LogP contribution < -0.4 is 0 Å². The predicted molar refractivity (Wildman–Crippen MR) is 110 cm³/mol. The van der Waals surface area contributed by atoms with E-state index in [-0.39, 0.29) is 18.3 Å². The van der Waals surface area contributed by atoms with Crippen LogP contribution >= 0.6 is 0 Å². The molecule has 0 aliphatic rings. The second-order valence-corrected chi connectivity index (χ2v) is 7.69. The van der Waals surface area contributed by atoms with Gasteiger partial charge in [0.25, 0.3) is 0 Å². The van der Waals surface area contributed by atoms with Crippen LogP contribution in [0.4, 0.5) is 0 Å². The van der Waals surface area contributed by atoms with E-state index in [4.69, 9.17) is 0 Å². The molecule has 4 nitrogen and oxygen atoms in total. The van der Waals surface area contributed by atoms with E-state index in [1.807, 2.05) is 24.3 Å². The van der Waals surface area contributed by atoms with Crippen molar-refractivity contribution in [2.24, 2.45) is 0 Å².